The minimum absolute atomic E-state index is 0.123. The molecular weight excluding hydrogens is 480 g/mol. The molecule has 0 spiro atoms. The van der Waals surface area contributed by atoms with Crippen molar-refractivity contribution in [3.05, 3.63) is 83.1 Å². The van der Waals surface area contributed by atoms with E-state index in [4.69, 9.17) is 10.5 Å². The number of benzene rings is 2. The van der Waals surface area contributed by atoms with E-state index in [1.807, 2.05) is 0 Å². The van der Waals surface area contributed by atoms with Gasteiger partial charge < -0.3 is 10.5 Å². The van der Waals surface area contributed by atoms with Crippen LogP contribution in [0.5, 0.6) is 0 Å². The van der Waals surface area contributed by atoms with Crippen molar-refractivity contribution in [3.63, 3.8) is 0 Å². The van der Waals surface area contributed by atoms with Crippen molar-refractivity contribution >= 4 is 23.1 Å². The Balaban J connectivity index is 1.59. The van der Waals surface area contributed by atoms with Crippen molar-refractivity contribution in [2.45, 2.75) is 25.9 Å². The molecule has 0 fully saturated rings. The molecule has 4 rings (SSSR count). The Labute approximate surface area is 202 Å². The number of carbonyl (C=O) groups is 2. The monoisotopic (exact) mass is 500 g/mol. The van der Waals surface area contributed by atoms with Crippen LogP contribution in [0.2, 0.25) is 0 Å². The van der Waals surface area contributed by atoms with Crippen molar-refractivity contribution in [2.24, 2.45) is 0 Å². The first-order valence-corrected chi connectivity index (χ1v) is 10.8. The molecule has 0 bridgehead atoms. The Morgan fingerprint density at radius 2 is 1.81 bits per heavy atom. The third kappa shape index (κ3) is 5.04. The second kappa shape index (κ2) is 9.76. The first kappa shape index (κ1) is 24.8. The van der Waals surface area contributed by atoms with Gasteiger partial charge in [-0.05, 0) is 41.8 Å². The molecule has 0 atom stereocenters. The number of anilines is 1. The maximum atomic E-state index is 14.0. The zero-order valence-electron chi connectivity index (χ0n) is 19.0. The summed E-state index contributed by atoms with van der Waals surface area (Å²) in [5.74, 6) is -1.75. The van der Waals surface area contributed by atoms with Crippen molar-refractivity contribution < 1.29 is 31.9 Å². The zero-order chi connectivity index (χ0) is 26.0. The maximum absolute atomic E-state index is 14.0. The average Bonchev–Trinajstić information content (AvgIpc) is 3.21. The van der Waals surface area contributed by atoms with E-state index in [2.05, 4.69) is 10.1 Å². The molecule has 0 aliphatic rings. The molecule has 0 radical (unpaired) electrons. The van der Waals surface area contributed by atoms with Crippen molar-refractivity contribution in [1.29, 1.82) is 0 Å². The number of ether oxygens (including phenoxy) is 1. The average molecular weight is 500 g/mol. The molecule has 0 aliphatic heterocycles. The first-order valence-electron chi connectivity index (χ1n) is 10.8. The first-order chi connectivity index (χ1) is 17.1. The van der Waals surface area contributed by atoms with Crippen LogP contribution >= 0.6 is 0 Å². The fraction of sp³-hybridized carbons (Fsp3) is 0.200. The maximum Gasteiger partial charge on any atom is 0.416 e. The highest BCUT2D eigenvalue weighted by molar-refractivity contribution is 6.04. The van der Waals surface area contributed by atoms with E-state index < -0.39 is 35.7 Å². The predicted molar refractivity (Wildman–Crippen MR) is 123 cm³/mol. The second-order valence-corrected chi connectivity index (χ2v) is 7.97. The molecule has 4 aromatic rings. The Hall–Kier alpha value is -4.28. The number of nitrogen functional groups attached to an aromatic ring is 1. The van der Waals surface area contributed by atoms with E-state index in [1.165, 1.54) is 17.0 Å². The Morgan fingerprint density at radius 3 is 2.47 bits per heavy atom. The molecule has 0 unspecified atom stereocenters. The summed E-state index contributed by atoms with van der Waals surface area (Å²) < 4.78 is 59.4. The summed E-state index contributed by atoms with van der Waals surface area (Å²) in [6, 6.07) is 8.59. The van der Waals surface area contributed by atoms with Crippen LogP contribution in [0.25, 0.3) is 16.6 Å². The zero-order valence-corrected chi connectivity index (χ0v) is 19.0. The number of Topliss-reactive ketones (excluding diaryl/α,β-unsaturated/α-hetero) is 1. The summed E-state index contributed by atoms with van der Waals surface area (Å²) in [4.78, 5) is 29.0. The molecule has 2 aromatic carbocycles. The van der Waals surface area contributed by atoms with Gasteiger partial charge in [0.25, 0.3) is 0 Å². The van der Waals surface area contributed by atoms with Crippen molar-refractivity contribution in [3.8, 4) is 11.1 Å². The lowest BCUT2D eigenvalue weighted by Crippen LogP contribution is -2.11. The molecular formula is C25H20F4N4O3. The van der Waals surface area contributed by atoms with Gasteiger partial charge in [-0.1, -0.05) is 24.3 Å². The summed E-state index contributed by atoms with van der Waals surface area (Å²) in [7, 11) is 0. The molecule has 0 amide bonds. The van der Waals surface area contributed by atoms with Crippen LogP contribution in [0, 0.1) is 5.82 Å². The Kier molecular flexibility index (Phi) is 6.73. The van der Waals surface area contributed by atoms with Crippen LogP contribution in [-0.2, 0) is 28.5 Å². The minimum atomic E-state index is -4.64. The van der Waals surface area contributed by atoms with E-state index in [-0.39, 0.29) is 30.0 Å². The van der Waals surface area contributed by atoms with Crippen LogP contribution in [0.3, 0.4) is 0 Å². The molecule has 7 nitrogen and oxygen atoms in total. The van der Waals surface area contributed by atoms with Crippen LogP contribution in [0.1, 0.15) is 34.0 Å². The summed E-state index contributed by atoms with van der Waals surface area (Å²) >= 11 is 0. The number of nitrogens with zero attached hydrogens (tertiary/aromatic N) is 3. The molecule has 2 N–H and O–H groups in total. The summed E-state index contributed by atoms with van der Waals surface area (Å²) in [5.41, 5.74) is 6.93. The smallest absolute Gasteiger partial charge is 0.416 e. The Bertz CT molecular complexity index is 1450. The molecule has 11 heteroatoms. The summed E-state index contributed by atoms with van der Waals surface area (Å²) in [6.07, 6.45) is -2.50. The fourth-order valence-corrected chi connectivity index (χ4v) is 3.87. The van der Waals surface area contributed by atoms with Gasteiger partial charge in [0.2, 0.25) is 0 Å². The van der Waals surface area contributed by atoms with Gasteiger partial charge in [0.05, 0.1) is 17.7 Å². The molecule has 2 aromatic heterocycles. The van der Waals surface area contributed by atoms with E-state index in [1.54, 1.807) is 31.2 Å². The van der Waals surface area contributed by atoms with Gasteiger partial charge in [0.15, 0.2) is 5.82 Å². The number of ketones is 1. The Morgan fingerprint density at radius 1 is 1.08 bits per heavy atom. The van der Waals surface area contributed by atoms with Crippen LogP contribution in [-0.4, -0.2) is 33.0 Å². The normalized spacial score (nSPS) is 11.6. The molecule has 36 heavy (non-hydrogen) atoms. The van der Waals surface area contributed by atoms with Gasteiger partial charge in [-0.15, -0.1) is 0 Å². The van der Waals surface area contributed by atoms with E-state index in [0.717, 1.165) is 0 Å². The van der Waals surface area contributed by atoms with E-state index in [0.29, 0.717) is 40.4 Å². The van der Waals surface area contributed by atoms with Crippen LogP contribution in [0.15, 0.2) is 55.0 Å². The van der Waals surface area contributed by atoms with Gasteiger partial charge in [-0.25, -0.2) is 18.7 Å². The summed E-state index contributed by atoms with van der Waals surface area (Å²) in [6.45, 7) is 1.84. The SMILES string of the molecule is CCOC(=O)c1cn2ncnc(N)c2c1-c1ccc(CC(=O)Cc2cc(C(F)(F)F)ccc2F)cc1. The molecule has 2 heterocycles. The van der Waals surface area contributed by atoms with Gasteiger partial charge in [-0.3, -0.25) is 4.79 Å². The number of alkyl halides is 3. The minimum Gasteiger partial charge on any atom is -0.462 e. The number of rotatable bonds is 7. The number of hydrogen-bond donors (Lipinski definition) is 1. The third-order valence-electron chi connectivity index (χ3n) is 5.50. The number of carbonyl (C=O) groups excluding carboxylic acids is 2. The highest BCUT2D eigenvalue weighted by Gasteiger charge is 2.31. The van der Waals surface area contributed by atoms with E-state index in [9.17, 15) is 27.2 Å². The van der Waals surface area contributed by atoms with Gasteiger partial charge in [0, 0.05) is 24.6 Å². The number of fused-ring (bicyclic) bond motifs is 1. The van der Waals surface area contributed by atoms with Gasteiger partial charge >= 0.3 is 12.1 Å². The highest BCUT2D eigenvalue weighted by Crippen LogP contribution is 2.33. The topological polar surface area (TPSA) is 99.6 Å². The molecule has 186 valence electrons. The lowest BCUT2D eigenvalue weighted by atomic mass is 9.97. The van der Waals surface area contributed by atoms with Crippen molar-refractivity contribution in [2.75, 3.05) is 12.3 Å². The quantitative estimate of drug-likeness (QED) is 0.293. The van der Waals surface area contributed by atoms with Crippen LogP contribution < -0.4 is 5.73 Å². The second-order valence-electron chi connectivity index (χ2n) is 7.97. The number of halogens is 4. The summed E-state index contributed by atoms with van der Waals surface area (Å²) in [5, 5.41) is 4.09. The molecule has 0 saturated carbocycles. The number of nitrogens with two attached hydrogens (primary N) is 1. The van der Waals surface area contributed by atoms with E-state index >= 15 is 0 Å². The van der Waals surface area contributed by atoms with Crippen LogP contribution in [0.4, 0.5) is 23.4 Å². The molecule has 0 saturated heterocycles. The number of hydrogen-bond acceptors (Lipinski definition) is 6. The van der Waals surface area contributed by atoms with Gasteiger partial charge in [-0.2, -0.15) is 18.3 Å². The number of aromatic nitrogens is 3. The lowest BCUT2D eigenvalue weighted by molar-refractivity contribution is -0.137. The largest absolute Gasteiger partial charge is 0.462 e. The highest BCUT2D eigenvalue weighted by atomic mass is 19.4. The standard InChI is InChI=1S/C25H20F4N4O3/c1-2-36-24(35)19-12-33-22(23(30)31-13-32-33)21(19)15-5-3-14(4-6-15)9-18(34)11-16-10-17(25(27,28)29)7-8-20(16)26/h3-8,10,12-13H,2,9,11H2,1H3,(H2,30,31,32). The van der Waals surface area contributed by atoms with Gasteiger partial charge in [0.1, 0.15) is 23.4 Å². The lowest BCUT2D eigenvalue weighted by Gasteiger charge is -2.10. The predicted octanol–water partition coefficient (Wildman–Crippen LogP) is 4.67. The van der Waals surface area contributed by atoms with Crippen molar-refractivity contribution in [1.82, 2.24) is 14.6 Å². The number of esters is 1. The third-order valence-corrected chi connectivity index (χ3v) is 5.50. The fourth-order valence-electron chi connectivity index (χ4n) is 3.87. The molecule has 0 aliphatic carbocycles.